The van der Waals surface area contributed by atoms with Crippen molar-refractivity contribution in [3.05, 3.63) is 0 Å². The van der Waals surface area contributed by atoms with Crippen molar-refractivity contribution in [2.24, 2.45) is 5.41 Å². The topological polar surface area (TPSA) is 49.8 Å². The van der Waals surface area contributed by atoms with E-state index >= 15 is 0 Å². The van der Waals surface area contributed by atoms with Crippen LogP contribution in [-0.4, -0.2) is 46.8 Å². The molecule has 4 nitrogen and oxygen atoms in total. The van der Waals surface area contributed by atoms with Crippen molar-refractivity contribution in [3.63, 3.8) is 0 Å². The van der Waals surface area contributed by atoms with Crippen LogP contribution in [0.5, 0.6) is 0 Å². The Morgan fingerprint density at radius 2 is 1.94 bits per heavy atom. The summed E-state index contributed by atoms with van der Waals surface area (Å²) in [6, 6.07) is -0.942. The number of rotatable bonds is 1. The maximum atomic E-state index is 13.8. The van der Waals surface area contributed by atoms with Crippen molar-refractivity contribution in [2.75, 3.05) is 13.2 Å². The van der Waals surface area contributed by atoms with Crippen LogP contribution in [0.1, 0.15) is 34.6 Å². The molecule has 1 heterocycles. The van der Waals surface area contributed by atoms with E-state index in [0.717, 1.165) is 4.90 Å². The van der Waals surface area contributed by atoms with Crippen molar-refractivity contribution in [2.45, 2.75) is 52.2 Å². The van der Waals surface area contributed by atoms with Crippen LogP contribution in [0.15, 0.2) is 0 Å². The van der Waals surface area contributed by atoms with Gasteiger partial charge < -0.3 is 9.84 Å². The van der Waals surface area contributed by atoms with Crippen LogP contribution in [0.4, 0.5) is 13.6 Å². The summed E-state index contributed by atoms with van der Waals surface area (Å²) in [6.07, 6.45) is -0.813. The normalized spacial score (nSPS) is 26.2. The lowest BCUT2D eigenvalue weighted by atomic mass is 9.82. The van der Waals surface area contributed by atoms with Gasteiger partial charge in [0.2, 0.25) is 0 Å². The monoisotopic (exact) mass is 265 g/mol. The minimum atomic E-state index is -3.04. The maximum absolute atomic E-state index is 13.8. The average Bonchev–Trinajstić information content (AvgIpc) is 2.30. The maximum Gasteiger partial charge on any atom is 0.410 e. The fourth-order valence-electron chi connectivity index (χ4n) is 2.00. The van der Waals surface area contributed by atoms with Crippen LogP contribution in [0.25, 0.3) is 0 Å². The van der Waals surface area contributed by atoms with Gasteiger partial charge in [0.1, 0.15) is 5.60 Å². The fraction of sp³-hybridized carbons (Fsp3) is 0.917. The summed E-state index contributed by atoms with van der Waals surface area (Å²) in [5.41, 5.74) is -2.22. The fourth-order valence-corrected chi connectivity index (χ4v) is 2.00. The molecule has 1 amide bonds. The number of halogens is 2. The Labute approximate surface area is 106 Å². The summed E-state index contributed by atoms with van der Waals surface area (Å²) >= 11 is 0. The highest BCUT2D eigenvalue weighted by Crippen LogP contribution is 2.47. The molecular weight excluding hydrogens is 244 g/mol. The number of hydrogen-bond donors (Lipinski definition) is 1. The van der Waals surface area contributed by atoms with Gasteiger partial charge in [0.15, 0.2) is 0 Å². The highest BCUT2D eigenvalue weighted by Gasteiger charge is 2.62. The smallest absolute Gasteiger partial charge is 0.410 e. The first kappa shape index (κ1) is 15.1. The van der Waals surface area contributed by atoms with Crippen LogP contribution in [0.2, 0.25) is 0 Å². The van der Waals surface area contributed by atoms with Crippen LogP contribution in [0, 0.1) is 5.41 Å². The number of ether oxygens (including phenoxy) is 1. The van der Waals surface area contributed by atoms with E-state index in [1.807, 2.05) is 0 Å². The third-order valence-corrected chi connectivity index (χ3v) is 3.32. The SMILES string of the molecule is CC(C)(C)OC(=O)N1CC(F)(F)C(C)(C)C1CO. The number of alkyl halides is 2. The minimum Gasteiger partial charge on any atom is -0.444 e. The van der Waals surface area contributed by atoms with Crippen molar-refractivity contribution in [3.8, 4) is 0 Å². The van der Waals surface area contributed by atoms with E-state index in [2.05, 4.69) is 0 Å². The molecule has 1 unspecified atom stereocenters. The number of carbonyl (C=O) groups is 1. The molecule has 1 rings (SSSR count). The second kappa shape index (κ2) is 4.33. The molecule has 0 saturated carbocycles. The number of aliphatic hydroxyl groups is 1. The molecule has 1 saturated heterocycles. The third-order valence-electron chi connectivity index (χ3n) is 3.32. The lowest BCUT2D eigenvalue weighted by Crippen LogP contribution is -2.46. The molecule has 0 aromatic heterocycles. The number of carbonyl (C=O) groups excluding carboxylic acids is 1. The lowest BCUT2D eigenvalue weighted by Gasteiger charge is -2.32. The van der Waals surface area contributed by atoms with Gasteiger partial charge in [-0.25, -0.2) is 13.6 Å². The predicted molar refractivity (Wildman–Crippen MR) is 62.5 cm³/mol. The van der Waals surface area contributed by atoms with Crippen LogP contribution >= 0.6 is 0 Å². The first-order chi connectivity index (χ1) is 7.92. The Hall–Kier alpha value is -0.910. The Bertz CT molecular complexity index is 337. The largest absolute Gasteiger partial charge is 0.444 e. The molecule has 106 valence electrons. The Morgan fingerprint density at radius 3 is 2.33 bits per heavy atom. The third kappa shape index (κ3) is 2.58. The standard InChI is InChI=1S/C12H21F2NO3/c1-10(2,3)18-9(17)15-7-12(13,14)11(4,5)8(15)6-16/h8,16H,6-7H2,1-5H3. The quantitative estimate of drug-likeness (QED) is 0.791. The second-order valence-electron chi connectivity index (χ2n) is 6.23. The van der Waals surface area contributed by atoms with Gasteiger partial charge in [-0.15, -0.1) is 0 Å². The summed E-state index contributed by atoms with van der Waals surface area (Å²) in [7, 11) is 0. The number of aliphatic hydroxyl groups excluding tert-OH is 1. The minimum absolute atomic E-state index is 0.512. The molecule has 1 aliphatic heterocycles. The van der Waals surface area contributed by atoms with Crippen molar-refractivity contribution in [1.29, 1.82) is 0 Å². The molecule has 1 fully saturated rings. The van der Waals surface area contributed by atoms with E-state index in [0.29, 0.717) is 0 Å². The average molecular weight is 265 g/mol. The van der Waals surface area contributed by atoms with E-state index < -0.39 is 42.2 Å². The lowest BCUT2D eigenvalue weighted by molar-refractivity contribution is -0.0788. The van der Waals surface area contributed by atoms with Crippen molar-refractivity contribution < 1.29 is 23.4 Å². The molecule has 1 N–H and O–H groups in total. The molecular formula is C12H21F2NO3. The molecule has 0 aromatic rings. The van der Waals surface area contributed by atoms with E-state index in [-0.39, 0.29) is 0 Å². The van der Waals surface area contributed by atoms with E-state index in [1.165, 1.54) is 13.8 Å². The van der Waals surface area contributed by atoms with E-state index in [9.17, 15) is 18.7 Å². The highest BCUT2D eigenvalue weighted by atomic mass is 19.3. The summed E-state index contributed by atoms with van der Waals surface area (Å²) in [6.45, 7) is 6.45. The molecule has 0 aromatic carbocycles. The van der Waals surface area contributed by atoms with Crippen LogP contribution in [-0.2, 0) is 4.74 Å². The van der Waals surface area contributed by atoms with Crippen LogP contribution < -0.4 is 0 Å². The van der Waals surface area contributed by atoms with Gasteiger partial charge in [-0.2, -0.15) is 0 Å². The molecule has 0 radical (unpaired) electrons. The van der Waals surface area contributed by atoms with Crippen LogP contribution in [0.3, 0.4) is 0 Å². The molecule has 0 aliphatic carbocycles. The molecule has 6 heteroatoms. The Kier molecular flexibility index (Phi) is 3.64. The molecule has 1 atom stereocenters. The zero-order valence-corrected chi connectivity index (χ0v) is 11.5. The van der Waals surface area contributed by atoms with Gasteiger partial charge in [-0.1, -0.05) is 13.8 Å². The summed E-state index contributed by atoms with van der Waals surface area (Å²) < 4.78 is 32.8. The Morgan fingerprint density at radius 1 is 1.44 bits per heavy atom. The van der Waals surface area contributed by atoms with Gasteiger partial charge in [0.05, 0.1) is 24.6 Å². The van der Waals surface area contributed by atoms with Gasteiger partial charge in [0.25, 0.3) is 5.92 Å². The first-order valence-electron chi connectivity index (χ1n) is 5.91. The van der Waals surface area contributed by atoms with Gasteiger partial charge in [-0.3, -0.25) is 4.90 Å². The zero-order chi connectivity index (χ0) is 14.4. The molecule has 18 heavy (non-hydrogen) atoms. The molecule has 0 bridgehead atoms. The van der Waals surface area contributed by atoms with Gasteiger partial charge in [-0.05, 0) is 20.8 Å². The number of amides is 1. The van der Waals surface area contributed by atoms with E-state index in [4.69, 9.17) is 4.74 Å². The number of likely N-dealkylation sites (tertiary alicyclic amines) is 1. The molecule has 0 spiro atoms. The van der Waals surface area contributed by atoms with Gasteiger partial charge in [0, 0.05) is 0 Å². The second-order valence-corrected chi connectivity index (χ2v) is 6.23. The summed E-state index contributed by atoms with van der Waals surface area (Å²) in [5, 5.41) is 9.27. The van der Waals surface area contributed by atoms with Crippen molar-refractivity contribution in [1.82, 2.24) is 4.90 Å². The first-order valence-corrected chi connectivity index (χ1v) is 5.91. The Balaban J connectivity index is 2.94. The summed E-state index contributed by atoms with van der Waals surface area (Å²) in [4.78, 5) is 12.8. The van der Waals surface area contributed by atoms with E-state index in [1.54, 1.807) is 20.8 Å². The highest BCUT2D eigenvalue weighted by molar-refractivity contribution is 5.69. The van der Waals surface area contributed by atoms with Gasteiger partial charge >= 0.3 is 6.09 Å². The number of hydrogen-bond acceptors (Lipinski definition) is 3. The predicted octanol–water partition coefficient (Wildman–Crippen LogP) is 2.26. The zero-order valence-electron chi connectivity index (χ0n) is 11.5. The number of nitrogens with zero attached hydrogens (tertiary/aromatic N) is 1. The summed E-state index contributed by atoms with van der Waals surface area (Å²) in [5.74, 6) is -3.04. The molecule has 1 aliphatic rings. The van der Waals surface area contributed by atoms with Crippen molar-refractivity contribution >= 4 is 6.09 Å².